The van der Waals surface area contributed by atoms with Crippen molar-refractivity contribution in [3.05, 3.63) is 35.4 Å². The zero-order valence-electron chi connectivity index (χ0n) is 17.7. The minimum absolute atomic E-state index is 0. The third-order valence-electron chi connectivity index (χ3n) is 5.36. The molecule has 1 aromatic rings. The van der Waals surface area contributed by atoms with Crippen LogP contribution in [0.1, 0.15) is 81.9 Å². The van der Waals surface area contributed by atoms with Gasteiger partial charge in [-0.2, -0.15) is 0 Å². The van der Waals surface area contributed by atoms with Crippen LogP contribution in [0.25, 0.3) is 0 Å². The molecule has 0 spiro atoms. The number of halogens is 1. The van der Waals surface area contributed by atoms with Gasteiger partial charge in [0.25, 0.3) is 0 Å². The summed E-state index contributed by atoms with van der Waals surface area (Å²) in [6.45, 7) is 5.22. The van der Waals surface area contributed by atoms with Gasteiger partial charge in [-0.15, -0.1) is 12.4 Å². The molecule has 1 aliphatic carbocycles. The van der Waals surface area contributed by atoms with E-state index in [9.17, 15) is 9.59 Å². The lowest BCUT2D eigenvalue weighted by Gasteiger charge is -2.22. The Hall–Kier alpha value is -1.79. The maximum absolute atomic E-state index is 12.0. The minimum Gasteiger partial charge on any atom is -0.354 e. The second-order valence-electron chi connectivity index (χ2n) is 8.07. The third kappa shape index (κ3) is 9.50. The molecule has 7 heteroatoms. The van der Waals surface area contributed by atoms with E-state index in [0.29, 0.717) is 37.9 Å². The predicted octanol–water partition coefficient (Wildman–Crippen LogP) is 3.76. The van der Waals surface area contributed by atoms with Crippen LogP contribution in [0.4, 0.5) is 4.79 Å². The van der Waals surface area contributed by atoms with Crippen LogP contribution in [0, 0.1) is 0 Å². The number of rotatable bonds is 9. The van der Waals surface area contributed by atoms with Crippen LogP contribution in [0.2, 0.25) is 0 Å². The van der Waals surface area contributed by atoms with Gasteiger partial charge in [-0.05, 0) is 36.3 Å². The van der Waals surface area contributed by atoms with Gasteiger partial charge in [-0.1, -0.05) is 57.4 Å². The molecule has 0 heterocycles. The Morgan fingerprint density at radius 3 is 2.28 bits per heavy atom. The lowest BCUT2D eigenvalue weighted by atomic mass is 9.96. The Labute approximate surface area is 181 Å². The van der Waals surface area contributed by atoms with Crippen LogP contribution in [-0.4, -0.2) is 31.1 Å². The smallest absolute Gasteiger partial charge is 0.315 e. The maximum atomic E-state index is 12.0. The van der Waals surface area contributed by atoms with Crippen molar-refractivity contribution in [2.24, 2.45) is 5.73 Å². The fraction of sp³-hybridized carbons (Fsp3) is 0.636. The highest BCUT2D eigenvalue weighted by molar-refractivity contribution is 5.85. The molecule has 0 bridgehead atoms. The number of carbonyl (C=O) groups is 2. The normalized spacial score (nSPS) is 15.3. The maximum Gasteiger partial charge on any atom is 0.315 e. The zero-order valence-corrected chi connectivity index (χ0v) is 18.5. The molecule has 1 aromatic carbocycles. The second-order valence-corrected chi connectivity index (χ2v) is 8.07. The summed E-state index contributed by atoms with van der Waals surface area (Å²) < 4.78 is 0. The fourth-order valence-electron chi connectivity index (χ4n) is 3.49. The van der Waals surface area contributed by atoms with Crippen LogP contribution >= 0.6 is 12.4 Å². The SMILES string of the molecule is CC(C)c1ccc(C(N)CNC(=O)CCCNC(=O)NC2CCCCC2)cc1.Cl. The highest BCUT2D eigenvalue weighted by Gasteiger charge is 2.15. The van der Waals surface area contributed by atoms with E-state index in [1.807, 2.05) is 12.1 Å². The van der Waals surface area contributed by atoms with E-state index >= 15 is 0 Å². The average Bonchev–Trinajstić information content (AvgIpc) is 2.70. The molecule has 0 aromatic heterocycles. The van der Waals surface area contributed by atoms with Gasteiger partial charge in [0.1, 0.15) is 0 Å². The molecule has 3 amide bonds. The first-order valence-electron chi connectivity index (χ1n) is 10.6. The quantitative estimate of drug-likeness (QED) is 0.454. The van der Waals surface area contributed by atoms with Gasteiger partial charge in [0.05, 0.1) is 0 Å². The molecule has 0 radical (unpaired) electrons. The first-order chi connectivity index (χ1) is 13.5. The number of urea groups is 1. The van der Waals surface area contributed by atoms with Crippen LogP contribution in [0.15, 0.2) is 24.3 Å². The molecule has 1 atom stereocenters. The van der Waals surface area contributed by atoms with Crippen molar-refractivity contribution in [1.29, 1.82) is 0 Å². The van der Waals surface area contributed by atoms with Crippen molar-refractivity contribution in [2.75, 3.05) is 13.1 Å². The largest absolute Gasteiger partial charge is 0.354 e. The number of hydrogen-bond acceptors (Lipinski definition) is 3. The van der Waals surface area contributed by atoms with Gasteiger partial charge in [0.15, 0.2) is 0 Å². The summed E-state index contributed by atoms with van der Waals surface area (Å²) in [6, 6.07) is 8.19. The van der Waals surface area contributed by atoms with E-state index < -0.39 is 0 Å². The standard InChI is InChI=1S/C22H36N4O2.ClH/c1-16(2)17-10-12-18(13-11-17)20(23)15-25-21(27)9-6-14-24-22(28)26-19-7-4-3-5-8-19;/h10-13,16,19-20H,3-9,14-15,23H2,1-2H3,(H,25,27)(H2,24,26,28);1H. The lowest BCUT2D eigenvalue weighted by Crippen LogP contribution is -2.43. The molecule has 6 nitrogen and oxygen atoms in total. The van der Waals surface area contributed by atoms with Crippen molar-refractivity contribution >= 4 is 24.3 Å². The summed E-state index contributed by atoms with van der Waals surface area (Å²) in [5.74, 6) is 0.451. The Bertz CT molecular complexity index is 616. The van der Waals surface area contributed by atoms with Crippen molar-refractivity contribution in [2.45, 2.75) is 76.8 Å². The first-order valence-corrected chi connectivity index (χ1v) is 10.6. The summed E-state index contributed by atoms with van der Waals surface area (Å²) in [5.41, 5.74) is 8.47. The van der Waals surface area contributed by atoms with Gasteiger partial charge in [-0.25, -0.2) is 4.79 Å². The zero-order chi connectivity index (χ0) is 20.4. The fourth-order valence-corrected chi connectivity index (χ4v) is 3.49. The molecule has 5 N–H and O–H groups in total. The molecular weight excluding hydrogens is 388 g/mol. The van der Waals surface area contributed by atoms with Gasteiger partial charge < -0.3 is 21.7 Å². The first kappa shape index (κ1) is 25.2. The third-order valence-corrected chi connectivity index (χ3v) is 5.36. The van der Waals surface area contributed by atoms with E-state index in [-0.39, 0.29) is 30.4 Å². The molecule has 164 valence electrons. The molecule has 0 aliphatic heterocycles. The van der Waals surface area contributed by atoms with Gasteiger partial charge in [-0.3, -0.25) is 4.79 Å². The topological polar surface area (TPSA) is 96.2 Å². The number of carbonyl (C=O) groups excluding carboxylic acids is 2. The Morgan fingerprint density at radius 2 is 1.66 bits per heavy atom. The minimum atomic E-state index is -0.218. The Morgan fingerprint density at radius 1 is 1.03 bits per heavy atom. The summed E-state index contributed by atoms with van der Waals surface area (Å²) >= 11 is 0. The van der Waals surface area contributed by atoms with E-state index in [1.54, 1.807) is 0 Å². The monoisotopic (exact) mass is 424 g/mol. The van der Waals surface area contributed by atoms with E-state index in [1.165, 1.54) is 24.8 Å². The van der Waals surface area contributed by atoms with Crippen LogP contribution in [0.3, 0.4) is 0 Å². The van der Waals surface area contributed by atoms with E-state index in [0.717, 1.165) is 18.4 Å². The van der Waals surface area contributed by atoms with E-state index in [4.69, 9.17) is 5.73 Å². The lowest BCUT2D eigenvalue weighted by molar-refractivity contribution is -0.121. The Balaban J connectivity index is 0.00000420. The van der Waals surface area contributed by atoms with Crippen molar-refractivity contribution in [3.63, 3.8) is 0 Å². The second kappa shape index (κ2) is 13.4. The molecule has 1 saturated carbocycles. The summed E-state index contributed by atoms with van der Waals surface area (Å²) in [7, 11) is 0. The molecular formula is C22H37ClN4O2. The highest BCUT2D eigenvalue weighted by Crippen LogP contribution is 2.18. The highest BCUT2D eigenvalue weighted by atomic mass is 35.5. The van der Waals surface area contributed by atoms with Crippen molar-refractivity contribution in [1.82, 2.24) is 16.0 Å². The number of benzene rings is 1. The number of nitrogens with two attached hydrogens (primary N) is 1. The van der Waals surface area contributed by atoms with Crippen molar-refractivity contribution < 1.29 is 9.59 Å². The molecule has 1 aliphatic rings. The molecule has 1 unspecified atom stereocenters. The van der Waals surface area contributed by atoms with Gasteiger partial charge in [0.2, 0.25) is 5.91 Å². The van der Waals surface area contributed by atoms with E-state index in [2.05, 4.69) is 41.9 Å². The van der Waals surface area contributed by atoms with Crippen LogP contribution in [-0.2, 0) is 4.79 Å². The van der Waals surface area contributed by atoms with Gasteiger partial charge in [0, 0.05) is 31.6 Å². The molecule has 1 fully saturated rings. The molecule has 2 rings (SSSR count). The predicted molar refractivity (Wildman–Crippen MR) is 120 cm³/mol. The number of hydrogen-bond donors (Lipinski definition) is 4. The van der Waals surface area contributed by atoms with Crippen LogP contribution < -0.4 is 21.7 Å². The number of amides is 3. The van der Waals surface area contributed by atoms with Crippen molar-refractivity contribution in [3.8, 4) is 0 Å². The summed E-state index contributed by atoms with van der Waals surface area (Å²) in [5, 5.41) is 8.72. The molecule has 0 saturated heterocycles. The summed E-state index contributed by atoms with van der Waals surface area (Å²) in [4.78, 5) is 23.8. The van der Waals surface area contributed by atoms with Crippen LogP contribution in [0.5, 0.6) is 0 Å². The summed E-state index contributed by atoms with van der Waals surface area (Å²) in [6.07, 6.45) is 6.77. The number of nitrogens with one attached hydrogen (secondary N) is 3. The Kier molecular flexibility index (Phi) is 11.7. The van der Waals surface area contributed by atoms with Gasteiger partial charge >= 0.3 is 6.03 Å². The molecule has 29 heavy (non-hydrogen) atoms. The average molecular weight is 425 g/mol.